The van der Waals surface area contributed by atoms with Crippen molar-refractivity contribution < 1.29 is 9.53 Å². The highest BCUT2D eigenvalue weighted by Crippen LogP contribution is 2.22. The van der Waals surface area contributed by atoms with Gasteiger partial charge in [0.2, 0.25) is 5.91 Å². The van der Waals surface area contributed by atoms with Crippen LogP contribution in [0.4, 0.5) is 0 Å². The van der Waals surface area contributed by atoms with Crippen LogP contribution in [-0.4, -0.2) is 40.5 Å². The number of thioether (sulfide) groups is 1. The number of nitrogens with one attached hydrogen (secondary N) is 1. The van der Waals surface area contributed by atoms with E-state index in [1.165, 1.54) is 11.8 Å². The zero-order valence-corrected chi connectivity index (χ0v) is 17.8. The maximum Gasteiger partial charge on any atom is 0.262 e. The SMILES string of the molecule is CC(C)CCNC(=O)CSc1nc2cc(Cl)ccc2c(=O)n1CC1CCCO1. The van der Waals surface area contributed by atoms with Crippen molar-refractivity contribution in [3.63, 3.8) is 0 Å². The summed E-state index contributed by atoms with van der Waals surface area (Å²) in [5, 5.41) is 4.49. The summed E-state index contributed by atoms with van der Waals surface area (Å²) in [6.07, 6.45) is 2.86. The number of amides is 1. The number of nitrogens with zero attached hydrogens (tertiary/aromatic N) is 2. The number of hydrogen-bond acceptors (Lipinski definition) is 5. The van der Waals surface area contributed by atoms with Gasteiger partial charge in [-0.25, -0.2) is 4.98 Å². The highest BCUT2D eigenvalue weighted by Gasteiger charge is 2.20. The van der Waals surface area contributed by atoms with Crippen molar-refractivity contribution in [1.29, 1.82) is 0 Å². The molecule has 28 heavy (non-hydrogen) atoms. The van der Waals surface area contributed by atoms with Gasteiger partial charge in [0.15, 0.2) is 5.16 Å². The maximum absolute atomic E-state index is 13.1. The lowest BCUT2D eigenvalue weighted by Gasteiger charge is -2.16. The normalized spacial score (nSPS) is 16.8. The van der Waals surface area contributed by atoms with Gasteiger partial charge in [-0.15, -0.1) is 0 Å². The lowest BCUT2D eigenvalue weighted by molar-refractivity contribution is -0.118. The first-order valence-electron chi connectivity index (χ1n) is 9.65. The van der Waals surface area contributed by atoms with E-state index in [2.05, 4.69) is 24.1 Å². The zero-order chi connectivity index (χ0) is 20.1. The number of halogens is 1. The minimum absolute atomic E-state index is 0.00321. The van der Waals surface area contributed by atoms with E-state index < -0.39 is 0 Å². The molecule has 6 nitrogen and oxygen atoms in total. The molecule has 1 aliphatic heterocycles. The largest absolute Gasteiger partial charge is 0.376 e. The molecule has 0 spiro atoms. The second-order valence-electron chi connectivity index (χ2n) is 7.43. The minimum atomic E-state index is -0.125. The summed E-state index contributed by atoms with van der Waals surface area (Å²) >= 11 is 7.34. The number of benzene rings is 1. The van der Waals surface area contributed by atoms with Gasteiger partial charge in [-0.3, -0.25) is 14.2 Å². The number of fused-ring (bicyclic) bond motifs is 1. The molecule has 0 aliphatic carbocycles. The Morgan fingerprint density at radius 2 is 2.29 bits per heavy atom. The van der Waals surface area contributed by atoms with Crippen molar-refractivity contribution in [3.8, 4) is 0 Å². The molecule has 0 radical (unpaired) electrons. The Balaban J connectivity index is 1.81. The van der Waals surface area contributed by atoms with E-state index in [0.29, 0.717) is 40.1 Å². The first kappa shape index (κ1) is 21.1. The lowest BCUT2D eigenvalue weighted by atomic mass is 10.1. The summed E-state index contributed by atoms with van der Waals surface area (Å²) in [7, 11) is 0. The summed E-state index contributed by atoms with van der Waals surface area (Å²) in [6, 6.07) is 5.08. The van der Waals surface area contributed by atoms with Gasteiger partial charge < -0.3 is 10.1 Å². The van der Waals surface area contributed by atoms with Gasteiger partial charge in [-0.2, -0.15) is 0 Å². The van der Waals surface area contributed by atoms with Crippen molar-refractivity contribution in [2.75, 3.05) is 18.9 Å². The van der Waals surface area contributed by atoms with Crippen molar-refractivity contribution in [2.45, 2.75) is 50.9 Å². The van der Waals surface area contributed by atoms with E-state index in [-0.39, 0.29) is 23.3 Å². The molecule has 1 unspecified atom stereocenters. The molecule has 1 aromatic heterocycles. The molecule has 1 aromatic carbocycles. The summed E-state index contributed by atoms with van der Waals surface area (Å²) in [5.74, 6) is 0.688. The molecule has 1 aliphatic rings. The molecule has 2 heterocycles. The molecule has 1 atom stereocenters. The highest BCUT2D eigenvalue weighted by molar-refractivity contribution is 7.99. The average molecular weight is 424 g/mol. The third kappa shape index (κ3) is 5.49. The van der Waals surface area contributed by atoms with Crippen LogP contribution in [0.2, 0.25) is 5.02 Å². The van der Waals surface area contributed by atoms with Crippen LogP contribution < -0.4 is 10.9 Å². The number of rotatable bonds is 8. The van der Waals surface area contributed by atoms with E-state index in [1.807, 2.05) is 0 Å². The molecular weight excluding hydrogens is 398 g/mol. The highest BCUT2D eigenvalue weighted by atomic mass is 35.5. The standard InChI is InChI=1S/C20H26ClN3O3S/c1-13(2)7-8-22-18(25)12-28-20-23-17-10-14(21)5-6-16(17)19(26)24(20)11-15-4-3-9-27-15/h5-6,10,13,15H,3-4,7-9,11-12H2,1-2H3,(H,22,25). The monoisotopic (exact) mass is 423 g/mol. The Kier molecular flexibility index (Phi) is 7.37. The Morgan fingerprint density at radius 1 is 1.46 bits per heavy atom. The van der Waals surface area contributed by atoms with E-state index in [0.717, 1.165) is 25.9 Å². The molecule has 0 saturated carbocycles. The summed E-state index contributed by atoms with van der Waals surface area (Å²) in [6.45, 7) is 6.06. The third-order valence-corrected chi connectivity index (χ3v) is 5.88. The fraction of sp³-hybridized carbons (Fsp3) is 0.550. The van der Waals surface area contributed by atoms with Gasteiger partial charge >= 0.3 is 0 Å². The predicted octanol–water partition coefficient (Wildman–Crippen LogP) is 3.48. The molecule has 3 rings (SSSR count). The Labute approximate surface area is 174 Å². The maximum atomic E-state index is 13.1. The van der Waals surface area contributed by atoms with Crippen molar-refractivity contribution in [3.05, 3.63) is 33.6 Å². The van der Waals surface area contributed by atoms with Crippen LogP contribution in [0, 0.1) is 5.92 Å². The molecule has 1 saturated heterocycles. The Morgan fingerprint density at radius 3 is 3.00 bits per heavy atom. The van der Waals surface area contributed by atoms with Gasteiger partial charge in [0.05, 0.1) is 29.3 Å². The first-order valence-corrected chi connectivity index (χ1v) is 11.0. The van der Waals surface area contributed by atoms with Gasteiger partial charge in [0.1, 0.15) is 0 Å². The van der Waals surface area contributed by atoms with Crippen LogP contribution in [0.25, 0.3) is 10.9 Å². The van der Waals surface area contributed by atoms with Gasteiger partial charge in [-0.05, 0) is 43.4 Å². The van der Waals surface area contributed by atoms with Gasteiger partial charge in [0, 0.05) is 18.2 Å². The van der Waals surface area contributed by atoms with Crippen LogP contribution in [0.15, 0.2) is 28.2 Å². The van der Waals surface area contributed by atoms with E-state index in [1.54, 1.807) is 22.8 Å². The van der Waals surface area contributed by atoms with Gasteiger partial charge in [0.25, 0.3) is 5.56 Å². The molecule has 8 heteroatoms. The summed E-state index contributed by atoms with van der Waals surface area (Å²) < 4.78 is 7.34. The number of carbonyl (C=O) groups excluding carboxylic acids is 1. The van der Waals surface area contributed by atoms with Gasteiger partial charge in [-0.1, -0.05) is 37.2 Å². The van der Waals surface area contributed by atoms with Crippen LogP contribution in [-0.2, 0) is 16.1 Å². The molecule has 1 amide bonds. The van der Waals surface area contributed by atoms with Crippen molar-refractivity contribution in [1.82, 2.24) is 14.9 Å². The second-order valence-corrected chi connectivity index (χ2v) is 8.81. The first-order chi connectivity index (χ1) is 13.4. The molecule has 1 fully saturated rings. The Hall–Kier alpha value is -1.57. The third-order valence-electron chi connectivity index (χ3n) is 4.67. The van der Waals surface area contributed by atoms with Crippen LogP contribution in [0.3, 0.4) is 0 Å². The Bertz CT molecular complexity index is 894. The zero-order valence-electron chi connectivity index (χ0n) is 16.2. The summed E-state index contributed by atoms with van der Waals surface area (Å²) in [4.78, 5) is 29.8. The number of hydrogen-bond donors (Lipinski definition) is 1. The quantitative estimate of drug-likeness (QED) is 0.519. The molecular formula is C20H26ClN3O3S. The second kappa shape index (κ2) is 9.76. The van der Waals surface area contributed by atoms with E-state index >= 15 is 0 Å². The van der Waals surface area contributed by atoms with Crippen LogP contribution in [0.5, 0.6) is 0 Å². The summed E-state index contributed by atoms with van der Waals surface area (Å²) in [5.41, 5.74) is 0.420. The number of ether oxygens (including phenoxy) is 1. The van der Waals surface area contributed by atoms with Crippen molar-refractivity contribution >= 4 is 40.2 Å². The van der Waals surface area contributed by atoms with Crippen LogP contribution in [0.1, 0.15) is 33.1 Å². The number of carbonyl (C=O) groups is 1. The topological polar surface area (TPSA) is 73.2 Å². The van der Waals surface area contributed by atoms with E-state index in [4.69, 9.17) is 16.3 Å². The average Bonchev–Trinajstić information content (AvgIpc) is 3.15. The fourth-order valence-corrected chi connectivity index (χ4v) is 4.12. The van der Waals surface area contributed by atoms with E-state index in [9.17, 15) is 9.59 Å². The molecule has 2 aromatic rings. The number of aromatic nitrogens is 2. The lowest BCUT2D eigenvalue weighted by Crippen LogP contribution is -2.30. The molecule has 152 valence electrons. The van der Waals surface area contributed by atoms with Crippen molar-refractivity contribution in [2.24, 2.45) is 5.92 Å². The minimum Gasteiger partial charge on any atom is -0.376 e. The fourth-order valence-electron chi connectivity index (χ4n) is 3.12. The molecule has 1 N–H and O–H groups in total. The predicted molar refractivity (Wildman–Crippen MR) is 113 cm³/mol. The molecule has 0 bridgehead atoms. The van der Waals surface area contributed by atoms with Crippen LogP contribution >= 0.6 is 23.4 Å². The smallest absolute Gasteiger partial charge is 0.262 e.